The molecule has 8 heteroatoms. The number of rotatable bonds is 13. The molecular formula is C21H37NO6S. The molecule has 5 atom stereocenters. The van der Waals surface area contributed by atoms with Gasteiger partial charge in [0.25, 0.3) is 0 Å². The summed E-state index contributed by atoms with van der Waals surface area (Å²) in [4.78, 5) is 11.4. The topological polar surface area (TPSA) is 124 Å². The van der Waals surface area contributed by atoms with Crippen molar-refractivity contribution in [2.45, 2.75) is 83.0 Å². The SMILES string of the molecule is CCCCC[C@H](O)/C=C/[C@@H]1[C@@H](C/C=C\CCCC(=O)NS(C)(=O)=O)[C@@H](O)C[C@H]1O. The Bertz CT molecular complexity index is 646. The van der Waals surface area contributed by atoms with E-state index in [4.69, 9.17) is 0 Å². The van der Waals surface area contributed by atoms with Gasteiger partial charge in [0.2, 0.25) is 15.9 Å². The van der Waals surface area contributed by atoms with E-state index in [1.807, 2.05) is 23.0 Å². The molecule has 0 bridgehead atoms. The minimum Gasteiger partial charge on any atom is -0.393 e. The second-order valence-electron chi connectivity index (χ2n) is 7.96. The molecule has 1 amide bonds. The smallest absolute Gasteiger partial charge is 0.233 e. The Morgan fingerprint density at radius 1 is 1.17 bits per heavy atom. The molecule has 1 rings (SSSR count). The number of unbranched alkanes of at least 4 members (excludes halogenated alkanes) is 3. The first-order valence-electron chi connectivity index (χ1n) is 10.5. The van der Waals surface area contributed by atoms with E-state index in [-0.39, 0.29) is 18.3 Å². The van der Waals surface area contributed by atoms with Gasteiger partial charge in [-0.15, -0.1) is 0 Å². The highest BCUT2D eigenvalue weighted by Gasteiger charge is 2.39. The van der Waals surface area contributed by atoms with E-state index in [1.165, 1.54) is 0 Å². The number of sulfonamides is 1. The van der Waals surface area contributed by atoms with Gasteiger partial charge in [-0.05, 0) is 31.6 Å². The Balaban J connectivity index is 2.43. The van der Waals surface area contributed by atoms with Crippen LogP contribution in [-0.4, -0.2) is 54.2 Å². The highest BCUT2D eigenvalue weighted by Crippen LogP contribution is 2.36. The molecule has 0 aromatic heterocycles. The molecule has 0 aromatic rings. The molecule has 0 radical (unpaired) electrons. The van der Waals surface area contributed by atoms with E-state index in [0.717, 1.165) is 25.5 Å². The second-order valence-corrected chi connectivity index (χ2v) is 9.70. The van der Waals surface area contributed by atoms with Crippen molar-refractivity contribution >= 4 is 15.9 Å². The summed E-state index contributed by atoms with van der Waals surface area (Å²) in [6.07, 6.45) is 12.7. The van der Waals surface area contributed by atoms with Gasteiger partial charge in [0.05, 0.1) is 24.6 Å². The average molecular weight is 432 g/mol. The predicted molar refractivity (Wildman–Crippen MR) is 113 cm³/mol. The summed E-state index contributed by atoms with van der Waals surface area (Å²) in [6, 6.07) is 0. The quantitative estimate of drug-likeness (QED) is 0.261. The van der Waals surface area contributed by atoms with Gasteiger partial charge in [0.15, 0.2) is 0 Å². The van der Waals surface area contributed by atoms with Crippen LogP contribution in [0.1, 0.15) is 64.7 Å². The third-order valence-corrected chi connectivity index (χ3v) is 5.82. The Labute approximate surface area is 175 Å². The van der Waals surface area contributed by atoms with E-state index in [1.54, 1.807) is 6.08 Å². The fourth-order valence-corrected chi connectivity index (χ4v) is 4.19. The monoisotopic (exact) mass is 431 g/mol. The summed E-state index contributed by atoms with van der Waals surface area (Å²) in [5.74, 6) is -0.831. The van der Waals surface area contributed by atoms with Crippen LogP contribution in [-0.2, 0) is 14.8 Å². The number of hydrogen-bond acceptors (Lipinski definition) is 6. The van der Waals surface area contributed by atoms with Crippen LogP contribution in [0.2, 0.25) is 0 Å². The van der Waals surface area contributed by atoms with Crippen molar-refractivity contribution < 1.29 is 28.5 Å². The van der Waals surface area contributed by atoms with Crippen molar-refractivity contribution in [3.05, 3.63) is 24.3 Å². The Kier molecular flexibility index (Phi) is 11.7. The van der Waals surface area contributed by atoms with Crippen LogP contribution >= 0.6 is 0 Å². The molecule has 0 saturated heterocycles. The molecule has 0 unspecified atom stereocenters. The minimum absolute atomic E-state index is 0.117. The number of amides is 1. The van der Waals surface area contributed by atoms with Crippen LogP contribution in [0, 0.1) is 11.8 Å². The molecule has 1 fully saturated rings. The van der Waals surface area contributed by atoms with Crippen molar-refractivity contribution in [1.82, 2.24) is 4.72 Å². The van der Waals surface area contributed by atoms with Crippen LogP contribution < -0.4 is 4.72 Å². The molecule has 7 nitrogen and oxygen atoms in total. The molecule has 1 aliphatic carbocycles. The zero-order valence-electron chi connectivity index (χ0n) is 17.5. The summed E-state index contributed by atoms with van der Waals surface area (Å²) in [6.45, 7) is 2.11. The fraction of sp³-hybridized carbons (Fsp3) is 0.762. The van der Waals surface area contributed by atoms with Gasteiger partial charge in [-0.25, -0.2) is 8.42 Å². The number of aliphatic hydroxyl groups excluding tert-OH is 3. The van der Waals surface area contributed by atoms with Gasteiger partial charge >= 0.3 is 0 Å². The van der Waals surface area contributed by atoms with Crippen molar-refractivity contribution in [3.8, 4) is 0 Å². The molecule has 1 aliphatic rings. The van der Waals surface area contributed by atoms with Gasteiger partial charge in [-0.2, -0.15) is 0 Å². The lowest BCUT2D eigenvalue weighted by Gasteiger charge is -2.19. The molecule has 168 valence electrons. The zero-order valence-corrected chi connectivity index (χ0v) is 18.4. The van der Waals surface area contributed by atoms with Crippen molar-refractivity contribution in [2.75, 3.05) is 6.26 Å². The maximum Gasteiger partial charge on any atom is 0.233 e. The lowest BCUT2D eigenvalue weighted by molar-refractivity contribution is -0.119. The van der Waals surface area contributed by atoms with Crippen LogP contribution in [0.25, 0.3) is 0 Å². The molecule has 1 saturated carbocycles. The standard InChI is InChI=1S/C21H37NO6S/c1-3-4-7-10-16(23)13-14-18-17(19(24)15-20(18)25)11-8-5-6-9-12-21(26)22-29(2,27)28/h5,8,13-14,16-20,23-25H,3-4,6-7,9-12,15H2,1-2H3,(H,22,26)/b8-5-,14-13+/t16-,17+,18+,19-,20+/m0/s1. The lowest BCUT2D eigenvalue weighted by Crippen LogP contribution is -2.28. The molecule has 0 spiro atoms. The van der Waals surface area contributed by atoms with Crippen LogP contribution in [0.5, 0.6) is 0 Å². The molecule has 0 aromatic carbocycles. The first-order valence-corrected chi connectivity index (χ1v) is 12.4. The molecule has 29 heavy (non-hydrogen) atoms. The van der Waals surface area contributed by atoms with Crippen LogP contribution in [0.4, 0.5) is 0 Å². The fourth-order valence-electron chi connectivity index (χ4n) is 3.67. The van der Waals surface area contributed by atoms with E-state index < -0.39 is 34.2 Å². The molecular weight excluding hydrogens is 394 g/mol. The number of carbonyl (C=O) groups excluding carboxylic acids is 1. The Hall–Kier alpha value is -1.22. The highest BCUT2D eigenvalue weighted by molar-refractivity contribution is 7.89. The van der Waals surface area contributed by atoms with E-state index >= 15 is 0 Å². The molecule has 0 heterocycles. The third kappa shape index (κ3) is 10.9. The van der Waals surface area contributed by atoms with Crippen molar-refractivity contribution in [2.24, 2.45) is 11.8 Å². The molecule has 0 aliphatic heterocycles. The zero-order chi connectivity index (χ0) is 21.9. The number of hydrogen-bond donors (Lipinski definition) is 4. The van der Waals surface area contributed by atoms with E-state index in [2.05, 4.69) is 6.92 Å². The number of nitrogens with one attached hydrogen (secondary N) is 1. The highest BCUT2D eigenvalue weighted by atomic mass is 32.2. The lowest BCUT2D eigenvalue weighted by atomic mass is 9.89. The average Bonchev–Trinajstić information content (AvgIpc) is 2.87. The summed E-state index contributed by atoms with van der Waals surface area (Å²) in [5.41, 5.74) is 0. The minimum atomic E-state index is -3.51. The predicted octanol–water partition coefficient (Wildman–Crippen LogP) is 2.03. The largest absolute Gasteiger partial charge is 0.393 e. The summed E-state index contributed by atoms with van der Waals surface area (Å²) in [5, 5.41) is 30.5. The van der Waals surface area contributed by atoms with Gasteiger partial charge in [0.1, 0.15) is 0 Å². The Morgan fingerprint density at radius 2 is 1.90 bits per heavy atom. The summed E-state index contributed by atoms with van der Waals surface area (Å²) < 4.78 is 23.9. The number of aliphatic hydroxyl groups is 3. The number of allylic oxidation sites excluding steroid dienone is 2. The van der Waals surface area contributed by atoms with Gasteiger partial charge in [0, 0.05) is 18.8 Å². The van der Waals surface area contributed by atoms with Crippen LogP contribution in [0.15, 0.2) is 24.3 Å². The van der Waals surface area contributed by atoms with Crippen molar-refractivity contribution in [1.29, 1.82) is 0 Å². The summed E-state index contributed by atoms with van der Waals surface area (Å²) >= 11 is 0. The van der Waals surface area contributed by atoms with E-state index in [0.29, 0.717) is 32.1 Å². The normalized spacial score (nSPS) is 26.4. The summed E-state index contributed by atoms with van der Waals surface area (Å²) in [7, 11) is -3.51. The van der Waals surface area contributed by atoms with Gasteiger partial charge in [-0.1, -0.05) is 50.5 Å². The first kappa shape index (κ1) is 25.8. The maximum atomic E-state index is 11.4. The van der Waals surface area contributed by atoms with E-state index in [9.17, 15) is 28.5 Å². The Morgan fingerprint density at radius 3 is 2.55 bits per heavy atom. The second kappa shape index (κ2) is 13.2. The third-order valence-electron chi connectivity index (χ3n) is 5.22. The van der Waals surface area contributed by atoms with Gasteiger partial charge in [-0.3, -0.25) is 9.52 Å². The van der Waals surface area contributed by atoms with Crippen LogP contribution in [0.3, 0.4) is 0 Å². The molecule has 4 N–H and O–H groups in total. The van der Waals surface area contributed by atoms with Gasteiger partial charge < -0.3 is 15.3 Å². The maximum absolute atomic E-state index is 11.4. The first-order chi connectivity index (χ1) is 13.6. The van der Waals surface area contributed by atoms with Crippen molar-refractivity contribution in [3.63, 3.8) is 0 Å². The number of carbonyl (C=O) groups is 1.